The van der Waals surface area contributed by atoms with Crippen LogP contribution in [0.1, 0.15) is 34.2 Å². The molecule has 1 N–H and O–H groups in total. The van der Waals surface area contributed by atoms with E-state index in [1.165, 1.54) is 19.5 Å². The normalized spacial score (nSPS) is 22.3. The van der Waals surface area contributed by atoms with E-state index in [1.54, 1.807) is 11.1 Å². The van der Waals surface area contributed by atoms with Crippen LogP contribution in [0.25, 0.3) is 0 Å². The SMILES string of the molecule is COc1ncc(C(=O)N2CCC3(C(=O)Nc4ccccc43)C2c2nccn2C)cn1. The molecule has 152 valence electrons. The van der Waals surface area contributed by atoms with Crippen LogP contribution in [-0.2, 0) is 17.3 Å². The number of likely N-dealkylation sites (tertiary alicyclic amines) is 1. The van der Waals surface area contributed by atoms with E-state index in [1.807, 2.05) is 42.1 Å². The van der Waals surface area contributed by atoms with Gasteiger partial charge in [0.1, 0.15) is 17.3 Å². The minimum atomic E-state index is -0.904. The average Bonchev–Trinajstić information content (AvgIpc) is 3.44. The van der Waals surface area contributed by atoms with Crippen molar-refractivity contribution in [2.24, 2.45) is 7.05 Å². The van der Waals surface area contributed by atoms with Crippen molar-refractivity contribution in [2.45, 2.75) is 17.9 Å². The average molecular weight is 404 g/mol. The first-order valence-electron chi connectivity index (χ1n) is 9.61. The van der Waals surface area contributed by atoms with Gasteiger partial charge < -0.3 is 19.5 Å². The molecule has 1 spiro atoms. The Morgan fingerprint density at radius 2 is 2.00 bits per heavy atom. The van der Waals surface area contributed by atoms with Crippen molar-refractivity contribution >= 4 is 17.5 Å². The molecule has 2 aromatic heterocycles. The van der Waals surface area contributed by atoms with E-state index < -0.39 is 11.5 Å². The summed E-state index contributed by atoms with van der Waals surface area (Å²) in [5, 5.41) is 3.00. The van der Waals surface area contributed by atoms with Gasteiger partial charge in [0, 0.05) is 44.1 Å². The molecule has 2 amide bonds. The Kier molecular flexibility index (Phi) is 4.05. The number of nitrogens with zero attached hydrogens (tertiary/aromatic N) is 5. The molecule has 5 rings (SSSR count). The van der Waals surface area contributed by atoms with Gasteiger partial charge in [0.25, 0.3) is 5.91 Å². The first-order chi connectivity index (χ1) is 14.6. The number of aromatic nitrogens is 4. The molecular weight excluding hydrogens is 384 g/mol. The smallest absolute Gasteiger partial charge is 0.316 e. The lowest BCUT2D eigenvalue weighted by molar-refractivity contribution is -0.121. The second-order valence-electron chi connectivity index (χ2n) is 7.48. The number of carbonyl (C=O) groups is 2. The van der Waals surface area contributed by atoms with Crippen molar-refractivity contribution in [3.05, 3.63) is 66.0 Å². The number of methoxy groups -OCH3 is 1. The van der Waals surface area contributed by atoms with E-state index in [0.717, 1.165) is 11.3 Å². The van der Waals surface area contributed by atoms with Gasteiger partial charge in [-0.25, -0.2) is 15.0 Å². The molecule has 0 bridgehead atoms. The highest BCUT2D eigenvalue weighted by molar-refractivity contribution is 6.08. The van der Waals surface area contributed by atoms with Crippen LogP contribution in [0.2, 0.25) is 0 Å². The number of carbonyl (C=O) groups excluding carboxylic acids is 2. The van der Waals surface area contributed by atoms with Crippen LogP contribution in [0.4, 0.5) is 5.69 Å². The van der Waals surface area contributed by atoms with Crippen molar-refractivity contribution in [3.8, 4) is 6.01 Å². The Morgan fingerprint density at radius 1 is 1.23 bits per heavy atom. The first-order valence-corrected chi connectivity index (χ1v) is 9.61. The summed E-state index contributed by atoms with van der Waals surface area (Å²) < 4.78 is 6.84. The van der Waals surface area contributed by atoms with Crippen LogP contribution in [0.5, 0.6) is 6.01 Å². The number of imidazole rings is 1. The van der Waals surface area contributed by atoms with Gasteiger partial charge in [-0.05, 0) is 18.1 Å². The summed E-state index contributed by atoms with van der Waals surface area (Å²) in [5.41, 5.74) is 1.10. The van der Waals surface area contributed by atoms with E-state index in [-0.39, 0.29) is 17.8 Å². The van der Waals surface area contributed by atoms with Gasteiger partial charge in [0.15, 0.2) is 0 Å². The molecule has 2 unspecified atom stereocenters. The summed E-state index contributed by atoms with van der Waals surface area (Å²) in [6.07, 6.45) is 6.88. The zero-order chi connectivity index (χ0) is 20.9. The molecule has 9 nitrogen and oxygen atoms in total. The Morgan fingerprint density at radius 3 is 2.70 bits per heavy atom. The lowest BCUT2D eigenvalue weighted by Crippen LogP contribution is -2.43. The Hall–Kier alpha value is -3.75. The lowest BCUT2D eigenvalue weighted by Gasteiger charge is -2.33. The van der Waals surface area contributed by atoms with Gasteiger partial charge in [-0.3, -0.25) is 9.59 Å². The largest absolute Gasteiger partial charge is 0.467 e. The molecule has 0 saturated carbocycles. The number of nitrogens with one attached hydrogen (secondary N) is 1. The van der Waals surface area contributed by atoms with Crippen LogP contribution in [0, 0.1) is 0 Å². The van der Waals surface area contributed by atoms with Gasteiger partial charge in [0.05, 0.1) is 12.7 Å². The summed E-state index contributed by atoms with van der Waals surface area (Å²) >= 11 is 0. The van der Waals surface area contributed by atoms with Gasteiger partial charge in [0.2, 0.25) is 5.91 Å². The number of rotatable bonds is 3. The van der Waals surface area contributed by atoms with Gasteiger partial charge in [-0.2, -0.15) is 0 Å². The summed E-state index contributed by atoms with van der Waals surface area (Å²) in [6, 6.07) is 7.27. The van der Waals surface area contributed by atoms with E-state index in [2.05, 4.69) is 20.3 Å². The maximum atomic E-state index is 13.5. The number of benzene rings is 1. The van der Waals surface area contributed by atoms with Crippen LogP contribution in [0.3, 0.4) is 0 Å². The maximum absolute atomic E-state index is 13.5. The second-order valence-corrected chi connectivity index (χ2v) is 7.48. The zero-order valence-corrected chi connectivity index (χ0v) is 16.6. The Labute approximate surface area is 172 Å². The second kappa shape index (κ2) is 6.65. The van der Waals surface area contributed by atoms with Crippen molar-refractivity contribution < 1.29 is 14.3 Å². The number of anilines is 1. The van der Waals surface area contributed by atoms with Crippen LogP contribution in [0.15, 0.2) is 49.1 Å². The molecule has 0 radical (unpaired) electrons. The molecular formula is C21H20N6O3. The summed E-state index contributed by atoms with van der Waals surface area (Å²) in [6.45, 7) is 0.407. The van der Waals surface area contributed by atoms with Crippen molar-refractivity contribution in [3.63, 3.8) is 0 Å². The molecule has 2 aliphatic rings. The minimum Gasteiger partial charge on any atom is -0.467 e. The number of ether oxygens (including phenoxy) is 1. The lowest BCUT2D eigenvalue weighted by atomic mass is 9.74. The first kappa shape index (κ1) is 18.3. The standard InChI is InChI=1S/C21H20N6O3/c1-26-10-8-22-17(26)16-21(14-5-3-4-6-15(14)25-19(21)29)7-9-27(16)18(28)13-11-23-20(30-2)24-12-13/h3-6,8,10-12,16H,7,9H2,1-2H3,(H,25,29). The molecule has 1 fully saturated rings. The molecule has 2 aliphatic heterocycles. The van der Waals surface area contributed by atoms with E-state index >= 15 is 0 Å². The summed E-state index contributed by atoms with van der Waals surface area (Å²) in [7, 11) is 3.33. The molecule has 3 aromatic rings. The summed E-state index contributed by atoms with van der Waals surface area (Å²) in [4.78, 5) is 41.1. The fourth-order valence-electron chi connectivity index (χ4n) is 4.60. The Bertz CT molecular complexity index is 1140. The number of para-hydroxylation sites is 1. The molecule has 0 aliphatic carbocycles. The van der Waals surface area contributed by atoms with E-state index in [0.29, 0.717) is 24.4 Å². The van der Waals surface area contributed by atoms with E-state index in [4.69, 9.17) is 4.74 Å². The molecule has 1 aromatic carbocycles. The third kappa shape index (κ3) is 2.44. The summed E-state index contributed by atoms with van der Waals surface area (Å²) in [5.74, 6) is 0.292. The van der Waals surface area contributed by atoms with Crippen LogP contribution < -0.4 is 10.1 Å². The van der Waals surface area contributed by atoms with Gasteiger partial charge in [-0.15, -0.1) is 0 Å². The van der Waals surface area contributed by atoms with Gasteiger partial charge >= 0.3 is 6.01 Å². The zero-order valence-electron chi connectivity index (χ0n) is 16.6. The van der Waals surface area contributed by atoms with Gasteiger partial charge in [-0.1, -0.05) is 18.2 Å². The van der Waals surface area contributed by atoms with Crippen molar-refractivity contribution in [1.29, 1.82) is 0 Å². The molecule has 1 saturated heterocycles. The number of aryl methyl sites for hydroxylation is 1. The highest BCUT2D eigenvalue weighted by Gasteiger charge is 2.60. The highest BCUT2D eigenvalue weighted by Crippen LogP contribution is 2.54. The number of hydrogen-bond donors (Lipinski definition) is 1. The molecule has 4 heterocycles. The minimum absolute atomic E-state index is 0.113. The molecule has 9 heteroatoms. The fraction of sp³-hybridized carbons (Fsp3) is 0.286. The Balaban J connectivity index is 1.64. The third-order valence-corrected chi connectivity index (χ3v) is 6.01. The highest BCUT2D eigenvalue weighted by atomic mass is 16.5. The van der Waals surface area contributed by atoms with Crippen molar-refractivity contribution in [2.75, 3.05) is 19.0 Å². The predicted octanol–water partition coefficient (Wildman–Crippen LogP) is 1.70. The third-order valence-electron chi connectivity index (χ3n) is 6.01. The molecule has 30 heavy (non-hydrogen) atoms. The molecule has 2 atom stereocenters. The topological polar surface area (TPSA) is 102 Å². The van der Waals surface area contributed by atoms with E-state index in [9.17, 15) is 9.59 Å². The monoisotopic (exact) mass is 404 g/mol. The number of amides is 2. The fourth-order valence-corrected chi connectivity index (χ4v) is 4.60. The van der Waals surface area contributed by atoms with Crippen LogP contribution in [-0.4, -0.2) is 49.9 Å². The number of hydrogen-bond acceptors (Lipinski definition) is 6. The van der Waals surface area contributed by atoms with Crippen LogP contribution >= 0.6 is 0 Å². The number of fused-ring (bicyclic) bond motifs is 2. The van der Waals surface area contributed by atoms with Crippen molar-refractivity contribution in [1.82, 2.24) is 24.4 Å². The quantitative estimate of drug-likeness (QED) is 0.713. The maximum Gasteiger partial charge on any atom is 0.316 e. The predicted molar refractivity (Wildman–Crippen MR) is 107 cm³/mol.